The summed E-state index contributed by atoms with van der Waals surface area (Å²) in [7, 11) is 0. The zero-order chi connectivity index (χ0) is 20.2. The van der Waals surface area contributed by atoms with Gasteiger partial charge in [0, 0.05) is 36.1 Å². The largest absolute Gasteiger partial charge is 0.477 e. The lowest BCUT2D eigenvalue weighted by atomic mass is 10.0. The summed E-state index contributed by atoms with van der Waals surface area (Å²) < 4.78 is 16.8. The topological polar surface area (TPSA) is 88.6 Å². The van der Waals surface area contributed by atoms with E-state index in [1.807, 2.05) is 18.7 Å². The second-order valence-corrected chi connectivity index (χ2v) is 8.10. The monoisotopic (exact) mass is 387 g/mol. The van der Waals surface area contributed by atoms with Gasteiger partial charge in [-0.1, -0.05) is 6.92 Å². The van der Waals surface area contributed by atoms with Crippen LogP contribution >= 0.6 is 0 Å². The SMILES string of the molecule is CCc1c(N2CCC([C@H](C)N)C2)c(F)cc2cc(C(=O)O)c(=O)n(C3CC3)c12. The Hall–Kier alpha value is -2.41. The maximum absolute atomic E-state index is 15.2. The number of pyridine rings is 1. The zero-order valence-electron chi connectivity index (χ0n) is 16.2. The summed E-state index contributed by atoms with van der Waals surface area (Å²) in [5.41, 5.74) is 7.25. The Labute approximate surface area is 162 Å². The smallest absolute Gasteiger partial charge is 0.341 e. The molecule has 1 aliphatic carbocycles. The highest BCUT2D eigenvalue weighted by atomic mass is 19.1. The number of carboxylic acid groups (broad SMARTS) is 1. The molecule has 1 aromatic heterocycles. The highest BCUT2D eigenvalue weighted by molar-refractivity contribution is 5.95. The average Bonchev–Trinajstić information content (AvgIpc) is 3.35. The van der Waals surface area contributed by atoms with Gasteiger partial charge in [-0.3, -0.25) is 4.79 Å². The van der Waals surface area contributed by atoms with Crippen molar-refractivity contribution in [2.24, 2.45) is 11.7 Å². The van der Waals surface area contributed by atoms with Crippen LogP contribution < -0.4 is 16.2 Å². The number of fused-ring (bicyclic) bond motifs is 1. The van der Waals surface area contributed by atoms with Crippen molar-refractivity contribution in [3.05, 3.63) is 39.4 Å². The number of carboxylic acids is 1. The van der Waals surface area contributed by atoms with Gasteiger partial charge < -0.3 is 20.3 Å². The third kappa shape index (κ3) is 2.98. The van der Waals surface area contributed by atoms with E-state index in [9.17, 15) is 14.7 Å². The lowest BCUT2D eigenvalue weighted by Crippen LogP contribution is -2.31. The number of nitrogens with zero attached hydrogens (tertiary/aromatic N) is 2. The van der Waals surface area contributed by atoms with E-state index in [0.717, 1.165) is 31.4 Å². The third-order valence-corrected chi connectivity index (χ3v) is 6.12. The van der Waals surface area contributed by atoms with Crippen LogP contribution in [0.5, 0.6) is 0 Å². The van der Waals surface area contributed by atoms with Crippen LogP contribution in [0.1, 0.15) is 55.1 Å². The van der Waals surface area contributed by atoms with Crippen LogP contribution in [0.4, 0.5) is 10.1 Å². The summed E-state index contributed by atoms with van der Waals surface area (Å²) in [5.74, 6) is -1.34. The van der Waals surface area contributed by atoms with Crippen LogP contribution in [0.3, 0.4) is 0 Å². The molecule has 3 N–H and O–H groups in total. The molecular weight excluding hydrogens is 361 g/mol. The molecule has 0 radical (unpaired) electrons. The number of rotatable bonds is 5. The van der Waals surface area contributed by atoms with Crippen molar-refractivity contribution in [2.75, 3.05) is 18.0 Å². The van der Waals surface area contributed by atoms with Crippen molar-refractivity contribution in [1.82, 2.24) is 4.57 Å². The molecule has 150 valence electrons. The van der Waals surface area contributed by atoms with Gasteiger partial charge in [0.15, 0.2) is 0 Å². The highest BCUT2D eigenvalue weighted by Gasteiger charge is 2.33. The predicted octanol–water partition coefficient (Wildman–Crippen LogP) is 2.91. The zero-order valence-corrected chi connectivity index (χ0v) is 16.2. The number of halogens is 1. The first-order valence-corrected chi connectivity index (χ1v) is 9.97. The Balaban J connectivity index is 1.97. The van der Waals surface area contributed by atoms with Crippen LogP contribution in [-0.2, 0) is 6.42 Å². The van der Waals surface area contributed by atoms with Crippen LogP contribution in [0.15, 0.2) is 16.9 Å². The molecule has 7 heteroatoms. The number of anilines is 1. The molecule has 1 unspecified atom stereocenters. The number of hydrogen-bond donors (Lipinski definition) is 2. The van der Waals surface area contributed by atoms with Gasteiger partial charge in [-0.2, -0.15) is 0 Å². The molecule has 2 heterocycles. The van der Waals surface area contributed by atoms with Gasteiger partial charge in [-0.15, -0.1) is 0 Å². The van der Waals surface area contributed by atoms with Crippen molar-refractivity contribution < 1.29 is 14.3 Å². The number of carbonyl (C=O) groups is 1. The van der Waals surface area contributed by atoms with Gasteiger partial charge in [-0.05, 0) is 50.7 Å². The van der Waals surface area contributed by atoms with Gasteiger partial charge in [0.05, 0.1) is 11.2 Å². The molecule has 1 aliphatic heterocycles. The molecule has 2 aliphatic rings. The normalized spacial score (nSPS) is 20.7. The first-order chi connectivity index (χ1) is 13.3. The fourth-order valence-electron chi connectivity index (χ4n) is 4.48. The van der Waals surface area contributed by atoms with Crippen molar-refractivity contribution in [1.29, 1.82) is 0 Å². The van der Waals surface area contributed by atoms with E-state index in [4.69, 9.17) is 5.73 Å². The molecule has 0 amide bonds. The fourth-order valence-corrected chi connectivity index (χ4v) is 4.48. The standard InChI is InChI=1S/C21H26FN3O3/c1-3-15-18-13(8-16(21(27)28)20(26)25(18)14-4-5-14)9-17(22)19(15)24-7-6-12(10-24)11(2)23/h8-9,11-12,14H,3-7,10,23H2,1-2H3,(H,27,28)/t11-,12?/m0/s1. The maximum Gasteiger partial charge on any atom is 0.341 e. The Bertz CT molecular complexity index is 1010. The van der Waals surface area contributed by atoms with E-state index in [1.165, 1.54) is 12.1 Å². The summed E-state index contributed by atoms with van der Waals surface area (Å²) in [4.78, 5) is 26.5. The van der Waals surface area contributed by atoms with Gasteiger partial charge in [0.2, 0.25) is 0 Å². The Kier molecular flexibility index (Phi) is 4.65. The third-order valence-electron chi connectivity index (χ3n) is 6.12. The minimum atomic E-state index is -1.27. The second kappa shape index (κ2) is 6.88. The van der Waals surface area contributed by atoms with Crippen LogP contribution in [0.2, 0.25) is 0 Å². The number of hydrogen-bond acceptors (Lipinski definition) is 4. The van der Waals surface area contributed by atoms with E-state index >= 15 is 4.39 Å². The molecule has 1 saturated carbocycles. The molecule has 1 saturated heterocycles. The first-order valence-electron chi connectivity index (χ1n) is 9.97. The van der Waals surface area contributed by atoms with E-state index in [0.29, 0.717) is 35.5 Å². The first kappa shape index (κ1) is 18.9. The second-order valence-electron chi connectivity index (χ2n) is 8.10. The van der Waals surface area contributed by atoms with E-state index < -0.39 is 11.5 Å². The molecule has 0 spiro atoms. The van der Waals surface area contributed by atoms with Crippen molar-refractivity contribution in [2.45, 2.75) is 51.6 Å². The Morgan fingerprint density at radius 3 is 2.61 bits per heavy atom. The van der Waals surface area contributed by atoms with Crippen LogP contribution in [0.25, 0.3) is 10.9 Å². The molecule has 28 heavy (non-hydrogen) atoms. The lowest BCUT2D eigenvalue weighted by molar-refractivity contribution is 0.0694. The molecule has 2 fully saturated rings. The molecule has 6 nitrogen and oxygen atoms in total. The summed E-state index contributed by atoms with van der Waals surface area (Å²) in [6.07, 6.45) is 3.14. The summed E-state index contributed by atoms with van der Waals surface area (Å²) in [6, 6.07) is 2.74. The average molecular weight is 387 g/mol. The van der Waals surface area contributed by atoms with Crippen LogP contribution in [0, 0.1) is 11.7 Å². The Morgan fingerprint density at radius 1 is 1.36 bits per heavy atom. The van der Waals surface area contributed by atoms with E-state index in [1.54, 1.807) is 4.57 Å². The summed E-state index contributed by atoms with van der Waals surface area (Å²) in [5, 5.41) is 9.91. The minimum Gasteiger partial charge on any atom is -0.477 e. The van der Waals surface area contributed by atoms with Crippen molar-refractivity contribution in [3.63, 3.8) is 0 Å². The number of aromatic nitrogens is 1. The van der Waals surface area contributed by atoms with Gasteiger partial charge in [0.25, 0.3) is 5.56 Å². The number of aromatic carboxylic acids is 1. The summed E-state index contributed by atoms with van der Waals surface area (Å²) >= 11 is 0. The number of benzene rings is 1. The number of nitrogens with two attached hydrogens (primary N) is 1. The predicted molar refractivity (Wildman–Crippen MR) is 107 cm³/mol. The molecule has 2 aromatic rings. The van der Waals surface area contributed by atoms with Crippen LogP contribution in [-0.4, -0.2) is 34.8 Å². The molecular formula is C21H26FN3O3. The molecule has 0 bridgehead atoms. The molecule has 2 atom stereocenters. The fraction of sp³-hybridized carbons (Fsp3) is 0.524. The summed E-state index contributed by atoms with van der Waals surface area (Å²) in [6.45, 7) is 5.34. The number of aryl methyl sites for hydroxylation is 1. The lowest BCUT2D eigenvalue weighted by Gasteiger charge is -2.26. The van der Waals surface area contributed by atoms with Gasteiger partial charge >= 0.3 is 5.97 Å². The highest BCUT2D eigenvalue weighted by Crippen LogP contribution is 2.41. The molecule has 1 aromatic carbocycles. The molecule has 4 rings (SSSR count). The van der Waals surface area contributed by atoms with Crippen molar-refractivity contribution >= 4 is 22.6 Å². The van der Waals surface area contributed by atoms with Gasteiger partial charge in [0.1, 0.15) is 11.4 Å². The van der Waals surface area contributed by atoms with Gasteiger partial charge in [-0.25, -0.2) is 9.18 Å². The van der Waals surface area contributed by atoms with Crippen molar-refractivity contribution in [3.8, 4) is 0 Å². The van der Waals surface area contributed by atoms with E-state index in [-0.39, 0.29) is 23.5 Å². The Morgan fingerprint density at radius 2 is 2.07 bits per heavy atom. The minimum absolute atomic E-state index is 0.00620. The quantitative estimate of drug-likeness (QED) is 0.824. The maximum atomic E-state index is 15.2. The van der Waals surface area contributed by atoms with E-state index in [2.05, 4.69) is 0 Å².